The summed E-state index contributed by atoms with van der Waals surface area (Å²) < 4.78 is 15.9. The van der Waals surface area contributed by atoms with Crippen LogP contribution in [-0.2, 0) is 19.6 Å². The number of hydrogen-bond acceptors (Lipinski definition) is 3. The van der Waals surface area contributed by atoms with Crippen molar-refractivity contribution in [3.8, 4) is 0 Å². The Labute approximate surface area is 167 Å². The third-order valence-corrected chi connectivity index (χ3v) is 4.92. The fourth-order valence-corrected chi connectivity index (χ4v) is 3.59. The zero-order valence-electron chi connectivity index (χ0n) is 15.7. The normalized spacial score (nSPS) is 11.1. The first-order valence-electron chi connectivity index (χ1n) is 9.31. The molecule has 2 heterocycles. The van der Waals surface area contributed by atoms with E-state index in [0.717, 1.165) is 16.5 Å². The second-order valence-corrected chi connectivity index (χ2v) is 6.79. The van der Waals surface area contributed by atoms with Gasteiger partial charge in [-0.1, -0.05) is 42.5 Å². The van der Waals surface area contributed by atoms with Gasteiger partial charge < -0.3 is 15.0 Å². The first kappa shape index (κ1) is 18.8. The molecular formula is C23H20FN3O2. The van der Waals surface area contributed by atoms with Crippen LogP contribution in [0.2, 0.25) is 0 Å². The zero-order chi connectivity index (χ0) is 20.2. The predicted octanol–water partition coefficient (Wildman–Crippen LogP) is 4.21. The van der Waals surface area contributed by atoms with Gasteiger partial charge >= 0.3 is 5.97 Å². The molecule has 6 heteroatoms. The topological polar surface area (TPSA) is 67.2 Å². The molecule has 4 aromatic rings. The standard InChI is InChI=1S/C23H20FN3O2/c24-20-9-3-1-7-17(20)15-27-21-10-4-2-8-18(21)19(22(27)23(28)29)14-26-13-16-6-5-11-25-12-16/h1-12,26H,13-15H2,(H,28,29). The Bertz CT molecular complexity index is 1160. The molecule has 0 bridgehead atoms. The van der Waals surface area contributed by atoms with Crippen molar-refractivity contribution in [2.75, 3.05) is 0 Å². The summed E-state index contributed by atoms with van der Waals surface area (Å²) in [4.78, 5) is 16.3. The maximum Gasteiger partial charge on any atom is 0.352 e. The number of carboxylic acids is 1. The fraction of sp³-hybridized carbons (Fsp3) is 0.130. The van der Waals surface area contributed by atoms with Crippen LogP contribution in [-0.4, -0.2) is 20.6 Å². The van der Waals surface area contributed by atoms with Crippen molar-refractivity contribution in [1.29, 1.82) is 0 Å². The van der Waals surface area contributed by atoms with Crippen LogP contribution in [0.15, 0.2) is 73.1 Å². The molecule has 5 nitrogen and oxygen atoms in total. The first-order chi connectivity index (χ1) is 14.1. The van der Waals surface area contributed by atoms with E-state index < -0.39 is 5.97 Å². The highest BCUT2D eigenvalue weighted by molar-refractivity contribution is 5.98. The van der Waals surface area contributed by atoms with Gasteiger partial charge in [-0.2, -0.15) is 0 Å². The Hall–Kier alpha value is -3.51. The molecular weight excluding hydrogens is 369 g/mol. The molecule has 0 spiro atoms. The summed E-state index contributed by atoms with van der Waals surface area (Å²) in [7, 11) is 0. The Morgan fingerprint density at radius 3 is 2.59 bits per heavy atom. The lowest BCUT2D eigenvalue weighted by molar-refractivity contribution is 0.0684. The van der Waals surface area contributed by atoms with Gasteiger partial charge in [0.05, 0.1) is 6.54 Å². The van der Waals surface area contributed by atoms with Crippen molar-refractivity contribution >= 4 is 16.9 Å². The smallest absolute Gasteiger partial charge is 0.352 e. The summed E-state index contributed by atoms with van der Waals surface area (Å²) >= 11 is 0. The van der Waals surface area contributed by atoms with Crippen molar-refractivity contribution in [1.82, 2.24) is 14.9 Å². The van der Waals surface area contributed by atoms with Gasteiger partial charge in [-0.3, -0.25) is 4.98 Å². The highest BCUT2D eigenvalue weighted by Gasteiger charge is 2.22. The average molecular weight is 389 g/mol. The second-order valence-electron chi connectivity index (χ2n) is 6.79. The van der Waals surface area contributed by atoms with Crippen LogP contribution in [0.4, 0.5) is 4.39 Å². The molecule has 0 fully saturated rings. The quantitative estimate of drug-likeness (QED) is 0.497. The maximum atomic E-state index is 14.2. The number of aromatic nitrogens is 2. The van der Waals surface area contributed by atoms with E-state index in [1.165, 1.54) is 6.07 Å². The minimum Gasteiger partial charge on any atom is -0.477 e. The number of carboxylic acid groups (broad SMARTS) is 1. The summed E-state index contributed by atoms with van der Waals surface area (Å²) in [6.07, 6.45) is 3.48. The number of nitrogens with zero attached hydrogens (tertiary/aromatic N) is 2. The van der Waals surface area contributed by atoms with Crippen molar-refractivity contribution in [3.05, 3.63) is 101 Å². The molecule has 2 aromatic carbocycles. The van der Waals surface area contributed by atoms with E-state index in [1.54, 1.807) is 35.2 Å². The van der Waals surface area contributed by atoms with Crippen molar-refractivity contribution < 1.29 is 14.3 Å². The Morgan fingerprint density at radius 1 is 1.03 bits per heavy atom. The second kappa shape index (κ2) is 8.24. The summed E-state index contributed by atoms with van der Waals surface area (Å²) in [5.74, 6) is -1.38. The van der Waals surface area contributed by atoms with Gasteiger partial charge in [-0.25, -0.2) is 9.18 Å². The number of para-hydroxylation sites is 1. The van der Waals surface area contributed by atoms with Crippen LogP contribution in [0.3, 0.4) is 0 Å². The molecule has 0 saturated carbocycles. The third-order valence-electron chi connectivity index (χ3n) is 4.92. The number of aromatic carboxylic acids is 1. The highest BCUT2D eigenvalue weighted by Crippen LogP contribution is 2.28. The number of fused-ring (bicyclic) bond motifs is 1. The van der Waals surface area contributed by atoms with Gasteiger partial charge in [0.2, 0.25) is 0 Å². The lowest BCUT2D eigenvalue weighted by Gasteiger charge is -2.10. The summed E-state index contributed by atoms with van der Waals surface area (Å²) in [6.45, 7) is 1.10. The lowest BCUT2D eigenvalue weighted by atomic mass is 10.1. The van der Waals surface area contributed by atoms with E-state index in [2.05, 4.69) is 10.3 Å². The van der Waals surface area contributed by atoms with E-state index in [9.17, 15) is 14.3 Å². The Balaban J connectivity index is 1.72. The zero-order valence-corrected chi connectivity index (χ0v) is 15.7. The third kappa shape index (κ3) is 3.88. The van der Waals surface area contributed by atoms with Gasteiger partial charge in [0.25, 0.3) is 0 Å². The van der Waals surface area contributed by atoms with Crippen LogP contribution >= 0.6 is 0 Å². The number of rotatable bonds is 7. The molecule has 0 unspecified atom stereocenters. The van der Waals surface area contributed by atoms with Crippen LogP contribution < -0.4 is 5.32 Å². The summed E-state index contributed by atoms with van der Waals surface area (Å²) in [5.41, 5.74) is 3.10. The molecule has 0 amide bonds. The van der Waals surface area contributed by atoms with E-state index in [4.69, 9.17) is 0 Å². The molecule has 0 aliphatic carbocycles. The first-order valence-corrected chi connectivity index (χ1v) is 9.31. The molecule has 0 saturated heterocycles. The van der Waals surface area contributed by atoms with Crippen molar-refractivity contribution in [2.45, 2.75) is 19.6 Å². The summed E-state index contributed by atoms with van der Waals surface area (Å²) in [5, 5.41) is 14.1. The largest absolute Gasteiger partial charge is 0.477 e. The van der Waals surface area contributed by atoms with Crippen molar-refractivity contribution in [2.24, 2.45) is 0 Å². The predicted molar refractivity (Wildman–Crippen MR) is 109 cm³/mol. The molecule has 29 heavy (non-hydrogen) atoms. The molecule has 0 atom stereocenters. The van der Waals surface area contributed by atoms with Gasteiger partial charge in [0.1, 0.15) is 11.5 Å². The van der Waals surface area contributed by atoms with Gasteiger partial charge in [0, 0.05) is 47.5 Å². The maximum absolute atomic E-state index is 14.2. The number of benzene rings is 2. The van der Waals surface area contributed by atoms with Gasteiger partial charge in [0.15, 0.2) is 0 Å². The molecule has 2 N–H and O–H groups in total. The Morgan fingerprint density at radius 2 is 1.83 bits per heavy atom. The van der Waals surface area contributed by atoms with Crippen LogP contribution in [0.5, 0.6) is 0 Å². The molecule has 146 valence electrons. The molecule has 0 aliphatic heterocycles. The van der Waals surface area contributed by atoms with E-state index in [1.807, 2.05) is 36.4 Å². The molecule has 0 aliphatic rings. The number of nitrogens with one attached hydrogen (secondary N) is 1. The fourth-order valence-electron chi connectivity index (χ4n) is 3.59. The van der Waals surface area contributed by atoms with E-state index >= 15 is 0 Å². The monoisotopic (exact) mass is 389 g/mol. The number of halogens is 1. The molecule has 0 radical (unpaired) electrons. The minimum atomic E-state index is -1.03. The van der Waals surface area contributed by atoms with Gasteiger partial charge in [-0.05, 0) is 23.8 Å². The SMILES string of the molecule is O=C(O)c1c(CNCc2cccnc2)c2ccccc2n1Cc1ccccc1F. The number of pyridine rings is 1. The van der Waals surface area contributed by atoms with Crippen LogP contribution in [0.1, 0.15) is 27.2 Å². The number of carbonyl (C=O) groups is 1. The minimum absolute atomic E-state index is 0.150. The average Bonchev–Trinajstić information content (AvgIpc) is 3.04. The summed E-state index contributed by atoms with van der Waals surface area (Å²) in [6, 6.07) is 17.8. The van der Waals surface area contributed by atoms with Gasteiger partial charge in [-0.15, -0.1) is 0 Å². The molecule has 4 rings (SSSR count). The molecule has 2 aromatic heterocycles. The lowest BCUT2D eigenvalue weighted by Crippen LogP contribution is -2.17. The number of hydrogen-bond donors (Lipinski definition) is 2. The highest BCUT2D eigenvalue weighted by atomic mass is 19.1. The van der Waals surface area contributed by atoms with Crippen LogP contribution in [0, 0.1) is 5.82 Å². The Kier molecular flexibility index (Phi) is 5.35. The van der Waals surface area contributed by atoms with Crippen molar-refractivity contribution in [3.63, 3.8) is 0 Å². The van der Waals surface area contributed by atoms with Crippen LogP contribution in [0.25, 0.3) is 10.9 Å². The van der Waals surface area contributed by atoms with E-state index in [-0.39, 0.29) is 18.1 Å². The van der Waals surface area contributed by atoms with E-state index in [0.29, 0.717) is 24.2 Å².